The Morgan fingerprint density at radius 3 is 2.00 bits per heavy atom. The van der Waals surface area contributed by atoms with Crippen LogP contribution < -0.4 is 9.47 Å². The highest BCUT2D eigenvalue weighted by molar-refractivity contribution is 5.69. The number of para-hydroxylation sites is 1. The molecule has 2 aromatic carbocycles. The van der Waals surface area contributed by atoms with E-state index in [1.54, 1.807) is 30.3 Å². The number of esters is 1. The number of rotatable bonds is 6. The molecule has 2 rings (SSSR count). The lowest BCUT2D eigenvalue weighted by Crippen LogP contribution is -2.27. The molecule has 128 valence electrons. The molecule has 0 aliphatic heterocycles. The van der Waals surface area contributed by atoms with Crippen LogP contribution in [-0.4, -0.2) is 19.4 Å². The van der Waals surface area contributed by atoms with Gasteiger partial charge >= 0.3 is 12.1 Å². The average molecular weight is 340 g/mol. The van der Waals surface area contributed by atoms with E-state index in [9.17, 15) is 18.0 Å². The minimum Gasteiger partial charge on any atom is -0.469 e. The van der Waals surface area contributed by atoms with Gasteiger partial charge in [0.15, 0.2) is 0 Å². The van der Waals surface area contributed by atoms with Gasteiger partial charge in [0, 0.05) is 0 Å². The van der Waals surface area contributed by atoms with E-state index in [2.05, 4.69) is 4.74 Å². The van der Waals surface area contributed by atoms with Gasteiger partial charge in [-0.2, -0.15) is 13.2 Å². The Balaban J connectivity index is 2.10. The first kappa shape index (κ1) is 17.7. The maximum absolute atomic E-state index is 12.6. The molecule has 24 heavy (non-hydrogen) atoms. The first-order chi connectivity index (χ1) is 11.4. The fourth-order valence-corrected chi connectivity index (χ4v) is 1.85. The number of methoxy groups -OCH3 is 1. The van der Waals surface area contributed by atoms with Crippen LogP contribution in [0.2, 0.25) is 0 Å². The summed E-state index contributed by atoms with van der Waals surface area (Å²) in [6.45, 7) is 0. The summed E-state index contributed by atoms with van der Waals surface area (Å²) in [4.78, 5) is 11.5. The van der Waals surface area contributed by atoms with Gasteiger partial charge in [-0.05, 0) is 36.4 Å². The van der Waals surface area contributed by atoms with Gasteiger partial charge in [-0.25, -0.2) is 0 Å². The number of benzene rings is 2. The largest absolute Gasteiger partial charge is 0.469 e. The molecular weight excluding hydrogens is 325 g/mol. The van der Waals surface area contributed by atoms with Crippen LogP contribution in [0.5, 0.6) is 11.5 Å². The molecule has 0 saturated heterocycles. The summed E-state index contributed by atoms with van der Waals surface area (Å²) in [6.07, 6.45) is -5.67. The third kappa shape index (κ3) is 5.19. The first-order valence-corrected chi connectivity index (χ1v) is 7.01. The Labute approximate surface area is 136 Å². The second kappa shape index (κ2) is 7.72. The van der Waals surface area contributed by atoms with E-state index in [-0.39, 0.29) is 12.2 Å². The predicted octanol–water partition coefficient (Wildman–Crippen LogP) is 4.05. The molecule has 0 heterocycles. The van der Waals surface area contributed by atoms with Gasteiger partial charge in [-0.3, -0.25) is 4.79 Å². The van der Waals surface area contributed by atoms with Crippen molar-refractivity contribution in [2.45, 2.75) is 18.9 Å². The molecular formula is C17H15F3O4. The summed E-state index contributed by atoms with van der Waals surface area (Å²) in [5.74, 6) is 0.0361. The number of carbonyl (C=O) groups is 1. The predicted molar refractivity (Wildman–Crippen MR) is 79.6 cm³/mol. The Morgan fingerprint density at radius 2 is 1.50 bits per heavy atom. The van der Waals surface area contributed by atoms with Gasteiger partial charge in [0.1, 0.15) is 17.9 Å². The topological polar surface area (TPSA) is 44.8 Å². The highest BCUT2D eigenvalue weighted by Gasteiger charge is 2.30. The monoisotopic (exact) mass is 340 g/mol. The van der Waals surface area contributed by atoms with E-state index in [0.29, 0.717) is 5.75 Å². The second-order valence-corrected chi connectivity index (χ2v) is 4.78. The molecule has 0 N–H and O–H groups in total. The van der Waals surface area contributed by atoms with Crippen LogP contribution >= 0.6 is 0 Å². The summed E-state index contributed by atoms with van der Waals surface area (Å²) in [6, 6.07) is 12.7. The fourth-order valence-electron chi connectivity index (χ4n) is 1.85. The van der Waals surface area contributed by atoms with Gasteiger partial charge in [-0.1, -0.05) is 18.2 Å². The molecule has 7 heteroatoms. The standard InChI is InChI=1S/C17H15F3O4/c1-22-15(21)11-16(23-13-5-3-2-4-6-13)24-14-9-7-12(8-10-14)17(18,19)20/h2-10,16H,11H2,1H3. The normalized spacial score (nSPS) is 12.3. The maximum Gasteiger partial charge on any atom is 0.416 e. The van der Waals surface area contributed by atoms with Crippen LogP contribution in [0, 0.1) is 0 Å². The van der Waals surface area contributed by atoms with Crippen molar-refractivity contribution >= 4 is 5.97 Å². The van der Waals surface area contributed by atoms with Crippen molar-refractivity contribution in [2.75, 3.05) is 7.11 Å². The van der Waals surface area contributed by atoms with Crippen molar-refractivity contribution in [3.05, 3.63) is 60.2 Å². The zero-order valence-corrected chi connectivity index (χ0v) is 12.7. The second-order valence-electron chi connectivity index (χ2n) is 4.78. The molecule has 0 saturated carbocycles. The Bertz CT molecular complexity index is 654. The molecule has 1 atom stereocenters. The summed E-state index contributed by atoms with van der Waals surface area (Å²) in [7, 11) is 1.22. The molecule has 0 aliphatic carbocycles. The average Bonchev–Trinajstić information content (AvgIpc) is 2.55. The number of ether oxygens (including phenoxy) is 3. The number of hydrogen-bond donors (Lipinski definition) is 0. The minimum absolute atomic E-state index is 0.146. The van der Waals surface area contributed by atoms with Crippen molar-refractivity contribution in [3.63, 3.8) is 0 Å². The van der Waals surface area contributed by atoms with E-state index in [1.165, 1.54) is 19.2 Å². The molecule has 0 radical (unpaired) electrons. The van der Waals surface area contributed by atoms with Crippen LogP contribution in [0.15, 0.2) is 54.6 Å². The molecule has 0 amide bonds. The van der Waals surface area contributed by atoms with Gasteiger partial charge in [0.25, 0.3) is 6.29 Å². The lowest BCUT2D eigenvalue weighted by atomic mass is 10.2. The number of carbonyl (C=O) groups excluding carboxylic acids is 1. The van der Waals surface area contributed by atoms with E-state index in [1.807, 2.05) is 0 Å². The van der Waals surface area contributed by atoms with E-state index >= 15 is 0 Å². The van der Waals surface area contributed by atoms with Gasteiger partial charge < -0.3 is 14.2 Å². The zero-order chi connectivity index (χ0) is 17.6. The van der Waals surface area contributed by atoms with Crippen molar-refractivity contribution in [1.82, 2.24) is 0 Å². The lowest BCUT2D eigenvalue weighted by Gasteiger charge is -2.20. The van der Waals surface area contributed by atoms with E-state index < -0.39 is 24.0 Å². The fraction of sp³-hybridized carbons (Fsp3) is 0.235. The van der Waals surface area contributed by atoms with Crippen LogP contribution in [0.25, 0.3) is 0 Å². The molecule has 0 bridgehead atoms. The summed E-state index contributed by atoms with van der Waals surface area (Å²) in [5, 5.41) is 0. The number of alkyl halides is 3. The molecule has 0 fully saturated rings. The number of halogens is 3. The van der Waals surface area contributed by atoms with Crippen molar-refractivity contribution in [3.8, 4) is 11.5 Å². The Morgan fingerprint density at radius 1 is 0.958 bits per heavy atom. The smallest absolute Gasteiger partial charge is 0.416 e. The maximum atomic E-state index is 12.6. The van der Waals surface area contributed by atoms with Crippen molar-refractivity contribution in [1.29, 1.82) is 0 Å². The van der Waals surface area contributed by atoms with E-state index in [0.717, 1.165) is 12.1 Å². The van der Waals surface area contributed by atoms with Crippen LogP contribution in [0.4, 0.5) is 13.2 Å². The van der Waals surface area contributed by atoms with E-state index in [4.69, 9.17) is 9.47 Å². The van der Waals surface area contributed by atoms with Gasteiger partial charge in [0.2, 0.25) is 0 Å². The summed E-state index contributed by atoms with van der Waals surface area (Å²) in [5.41, 5.74) is -0.789. The van der Waals surface area contributed by atoms with Crippen LogP contribution in [0.3, 0.4) is 0 Å². The molecule has 4 nitrogen and oxygen atoms in total. The first-order valence-electron chi connectivity index (χ1n) is 7.01. The molecule has 0 spiro atoms. The van der Waals surface area contributed by atoms with Crippen LogP contribution in [0.1, 0.15) is 12.0 Å². The third-order valence-electron chi connectivity index (χ3n) is 3.02. The molecule has 2 aromatic rings. The highest BCUT2D eigenvalue weighted by atomic mass is 19.4. The summed E-state index contributed by atoms with van der Waals surface area (Å²) < 4.78 is 53.3. The SMILES string of the molecule is COC(=O)CC(Oc1ccccc1)Oc1ccc(C(F)(F)F)cc1. The quantitative estimate of drug-likeness (QED) is 0.588. The number of hydrogen-bond acceptors (Lipinski definition) is 4. The van der Waals surface area contributed by atoms with Gasteiger partial charge in [-0.15, -0.1) is 0 Å². The molecule has 1 unspecified atom stereocenters. The summed E-state index contributed by atoms with van der Waals surface area (Å²) >= 11 is 0. The molecule has 0 aromatic heterocycles. The Hall–Kier alpha value is -2.70. The third-order valence-corrected chi connectivity index (χ3v) is 3.02. The molecule has 0 aliphatic rings. The van der Waals surface area contributed by atoms with Gasteiger partial charge in [0.05, 0.1) is 12.7 Å². The van der Waals surface area contributed by atoms with Crippen molar-refractivity contribution < 1.29 is 32.2 Å². The lowest BCUT2D eigenvalue weighted by molar-refractivity contribution is -0.146. The Kier molecular flexibility index (Phi) is 5.68. The highest BCUT2D eigenvalue weighted by Crippen LogP contribution is 2.30. The van der Waals surface area contributed by atoms with Crippen molar-refractivity contribution in [2.24, 2.45) is 0 Å². The zero-order valence-electron chi connectivity index (χ0n) is 12.7. The minimum atomic E-state index is -4.43. The van der Waals surface area contributed by atoms with Crippen LogP contribution in [-0.2, 0) is 15.7 Å².